The van der Waals surface area contributed by atoms with Crippen LogP contribution in [-0.4, -0.2) is 153 Å². The number of ether oxygens (including phenoxy) is 6. The summed E-state index contributed by atoms with van der Waals surface area (Å²) in [5.41, 5.74) is -1.35. The summed E-state index contributed by atoms with van der Waals surface area (Å²) < 4.78 is 32.8. The number of carbonyl (C=O) groups excluding carboxylic acids is 1. The molecular weight excluding hydrogens is 672 g/mol. The van der Waals surface area contributed by atoms with Crippen molar-refractivity contribution in [3.63, 3.8) is 0 Å². The highest BCUT2D eigenvalue weighted by Gasteiger charge is 2.37. The van der Waals surface area contributed by atoms with Crippen LogP contribution >= 0.6 is 0 Å². The molecule has 0 amide bonds. The lowest BCUT2D eigenvalue weighted by molar-refractivity contribution is -0.237. The zero-order chi connectivity index (χ0) is 41.0. The van der Waals surface area contributed by atoms with Gasteiger partial charge < -0.3 is 63.9 Å². The maximum atomic E-state index is 11.1. The van der Waals surface area contributed by atoms with E-state index in [9.17, 15) is 25.2 Å². The van der Waals surface area contributed by atoms with E-state index in [4.69, 9.17) is 28.4 Å². The Labute approximate surface area is 318 Å². The van der Waals surface area contributed by atoms with Gasteiger partial charge >= 0.3 is 0 Å². The summed E-state index contributed by atoms with van der Waals surface area (Å²) in [6.07, 6.45) is 2.02. The smallest absolute Gasteiger partial charge is 0.159 e. The Morgan fingerprint density at radius 3 is 2.02 bits per heavy atom. The summed E-state index contributed by atoms with van der Waals surface area (Å²) in [4.78, 5) is 13.3. The Morgan fingerprint density at radius 2 is 1.52 bits per heavy atom. The van der Waals surface area contributed by atoms with E-state index in [1.165, 1.54) is 7.11 Å². The van der Waals surface area contributed by atoms with E-state index in [2.05, 4.69) is 24.3 Å². The number of aliphatic hydroxyl groups is 4. The molecule has 2 saturated heterocycles. The molecule has 2 aliphatic heterocycles. The molecule has 0 aromatic rings. The van der Waals surface area contributed by atoms with Gasteiger partial charge in [0.2, 0.25) is 0 Å². The molecule has 5 N–H and O–H groups in total. The van der Waals surface area contributed by atoms with Crippen LogP contribution in [0.2, 0.25) is 0 Å². The standard InChI is InChI=1S/C25H50N2O7.C8H16O4.3C2H6/c1-17(15-28)10-11-22(34-23-14-20(27(5)6)13-18(2)33-23)21(29)9-8-12-26-19(3)24(30)25(4,31)16-32-7;1-5-8(11-3)6(10-2)4-7(9)12-5;3*1-2/h15,17-24,26,29-31H,8-14,16H2,1-7H3;5-9H,4H2,1-3H3;3*1-2H3/t17?,18?,19?,20?,21?,22-,23?,24?,25-;;;;/m1..../s1. The third kappa shape index (κ3) is 22.5. The minimum Gasteiger partial charge on any atom is -0.390 e. The van der Waals surface area contributed by atoms with Crippen LogP contribution < -0.4 is 5.32 Å². The Bertz CT molecular complexity index is 810. The molecule has 316 valence electrons. The van der Waals surface area contributed by atoms with Crippen LogP contribution in [-0.2, 0) is 33.2 Å². The molecule has 0 radical (unpaired) electrons. The second kappa shape index (κ2) is 32.4. The van der Waals surface area contributed by atoms with Crippen LogP contribution in [0.25, 0.3) is 0 Å². The van der Waals surface area contributed by atoms with Crippen molar-refractivity contribution in [3.8, 4) is 0 Å². The highest BCUT2D eigenvalue weighted by atomic mass is 16.7. The number of methoxy groups -OCH3 is 3. The lowest BCUT2D eigenvalue weighted by atomic mass is 9.94. The van der Waals surface area contributed by atoms with E-state index in [0.717, 1.165) is 19.1 Å². The SMILES string of the molecule is CC.CC.CC.COC1CC(O)OC(C)C1OC.COC[C@@](C)(O)C(O)C(C)NCCCC(O)[C@@H](CCC(C)C=O)OC1CC(N(C)C)CC(C)O1. The maximum Gasteiger partial charge on any atom is 0.159 e. The van der Waals surface area contributed by atoms with Gasteiger partial charge in [-0.3, -0.25) is 0 Å². The number of aliphatic hydroxyl groups excluding tert-OH is 3. The number of carbonyl (C=O) groups is 1. The molecule has 0 aromatic carbocycles. The van der Waals surface area contributed by atoms with Crippen LogP contribution in [0.1, 0.15) is 121 Å². The van der Waals surface area contributed by atoms with Crippen molar-refractivity contribution in [2.45, 2.75) is 194 Å². The summed E-state index contributed by atoms with van der Waals surface area (Å²) in [6.45, 7) is 21.7. The summed E-state index contributed by atoms with van der Waals surface area (Å²) in [5, 5.41) is 44.1. The molecular formula is C39H84N2O11. The van der Waals surface area contributed by atoms with Gasteiger partial charge in [0, 0.05) is 52.2 Å². The number of hydrogen-bond donors (Lipinski definition) is 5. The van der Waals surface area contributed by atoms with Crippen LogP contribution in [0, 0.1) is 5.92 Å². The first-order valence-electron chi connectivity index (χ1n) is 19.7. The molecule has 13 atom stereocenters. The Morgan fingerprint density at radius 1 is 0.923 bits per heavy atom. The quantitative estimate of drug-likeness (QED) is 0.0922. The van der Waals surface area contributed by atoms with Crippen molar-refractivity contribution in [2.24, 2.45) is 5.92 Å². The summed E-state index contributed by atoms with van der Waals surface area (Å²) in [5.74, 6) is -0.0945. The van der Waals surface area contributed by atoms with Crippen molar-refractivity contribution in [1.82, 2.24) is 10.2 Å². The van der Waals surface area contributed by atoms with Crippen molar-refractivity contribution >= 4 is 6.29 Å². The van der Waals surface area contributed by atoms with Gasteiger partial charge in [0.05, 0.1) is 43.2 Å². The molecule has 0 aliphatic carbocycles. The minimum atomic E-state index is -1.35. The van der Waals surface area contributed by atoms with Crippen LogP contribution in [0.15, 0.2) is 0 Å². The highest BCUT2D eigenvalue weighted by Crippen LogP contribution is 2.27. The second-order valence-electron chi connectivity index (χ2n) is 13.5. The molecule has 2 rings (SSSR count). The second-order valence-corrected chi connectivity index (χ2v) is 13.5. The first kappa shape index (κ1) is 55.5. The lowest BCUT2D eigenvalue weighted by Gasteiger charge is -2.39. The predicted molar refractivity (Wildman–Crippen MR) is 208 cm³/mol. The number of nitrogens with one attached hydrogen (secondary N) is 1. The molecule has 0 aromatic heterocycles. The lowest BCUT2D eigenvalue weighted by Crippen LogP contribution is -2.53. The van der Waals surface area contributed by atoms with Gasteiger partial charge in [-0.1, -0.05) is 48.5 Å². The third-order valence-electron chi connectivity index (χ3n) is 8.98. The molecule has 0 saturated carbocycles. The van der Waals surface area contributed by atoms with Gasteiger partial charge in [0.1, 0.15) is 18.0 Å². The molecule has 13 nitrogen and oxygen atoms in total. The fourth-order valence-electron chi connectivity index (χ4n) is 6.07. The minimum absolute atomic E-state index is 0.0354. The van der Waals surface area contributed by atoms with Crippen molar-refractivity contribution in [2.75, 3.05) is 48.6 Å². The Kier molecular flexibility index (Phi) is 34.6. The van der Waals surface area contributed by atoms with Gasteiger partial charge in [-0.2, -0.15) is 0 Å². The number of rotatable bonds is 19. The first-order valence-corrected chi connectivity index (χ1v) is 19.7. The zero-order valence-electron chi connectivity index (χ0n) is 36.0. The number of aldehydes is 1. The fourth-order valence-corrected chi connectivity index (χ4v) is 6.07. The van der Waals surface area contributed by atoms with Crippen molar-refractivity contribution < 1.29 is 53.6 Å². The Balaban J connectivity index is -0.00000110. The largest absolute Gasteiger partial charge is 0.390 e. The van der Waals surface area contributed by atoms with Crippen LogP contribution in [0.5, 0.6) is 0 Å². The van der Waals surface area contributed by atoms with Gasteiger partial charge in [-0.25, -0.2) is 0 Å². The van der Waals surface area contributed by atoms with Gasteiger partial charge in [0.25, 0.3) is 0 Å². The average molecular weight is 757 g/mol. The van der Waals surface area contributed by atoms with Crippen LogP contribution in [0.3, 0.4) is 0 Å². The van der Waals surface area contributed by atoms with E-state index in [0.29, 0.717) is 44.7 Å². The van der Waals surface area contributed by atoms with E-state index >= 15 is 0 Å². The molecule has 2 heterocycles. The van der Waals surface area contributed by atoms with Gasteiger partial charge in [-0.05, 0) is 80.4 Å². The highest BCUT2D eigenvalue weighted by molar-refractivity contribution is 5.52. The van der Waals surface area contributed by atoms with Crippen molar-refractivity contribution in [1.29, 1.82) is 0 Å². The summed E-state index contributed by atoms with van der Waals surface area (Å²) in [7, 11) is 8.82. The van der Waals surface area contributed by atoms with E-state index < -0.39 is 36.5 Å². The van der Waals surface area contributed by atoms with Crippen LogP contribution in [0.4, 0.5) is 0 Å². The average Bonchev–Trinajstić information content (AvgIpc) is 3.13. The van der Waals surface area contributed by atoms with E-state index in [-0.39, 0.29) is 43.0 Å². The summed E-state index contributed by atoms with van der Waals surface area (Å²) in [6, 6.07) is 0.00995. The topological polar surface area (TPSA) is 169 Å². The molecule has 13 heteroatoms. The molecule has 11 unspecified atom stereocenters. The van der Waals surface area contributed by atoms with E-state index in [1.807, 2.05) is 62.3 Å². The van der Waals surface area contributed by atoms with Crippen molar-refractivity contribution in [3.05, 3.63) is 0 Å². The first-order chi connectivity index (χ1) is 24.6. The number of nitrogens with zero attached hydrogens (tertiary/aromatic N) is 1. The maximum absolute atomic E-state index is 11.1. The monoisotopic (exact) mass is 757 g/mol. The molecule has 0 bridgehead atoms. The van der Waals surface area contributed by atoms with E-state index in [1.54, 1.807) is 28.1 Å². The molecule has 2 aliphatic rings. The Hall–Kier alpha value is -0.810. The third-order valence-corrected chi connectivity index (χ3v) is 8.98. The molecule has 52 heavy (non-hydrogen) atoms. The normalized spacial score (nSPS) is 28.3. The summed E-state index contributed by atoms with van der Waals surface area (Å²) >= 11 is 0. The van der Waals surface area contributed by atoms with Gasteiger partial charge in [0.15, 0.2) is 12.6 Å². The van der Waals surface area contributed by atoms with Gasteiger partial charge in [-0.15, -0.1) is 0 Å². The molecule has 0 spiro atoms. The zero-order valence-corrected chi connectivity index (χ0v) is 36.0. The fraction of sp³-hybridized carbons (Fsp3) is 0.974. The molecule has 2 fully saturated rings. The predicted octanol–water partition coefficient (Wildman–Crippen LogP) is 4.54. The number of hydrogen-bond acceptors (Lipinski definition) is 13.